The second-order valence-corrected chi connectivity index (χ2v) is 20.8. The molecule has 0 N–H and O–H groups in total. The van der Waals surface area contributed by atoms with E-state index >= 15 is 0 Å². The Morgan fingerprint density at radius 3 is 1.31 bits per heavy atom. The molecule has 0 heterocycles. The van der Waals surface area contributed by atoms with E-state index in [9.17, 15) is 9.59 Å². The van der Waals surface area contributed by atoms with Gasteiger partial charge in [0, 0.05) is 0 Å². The van der Waals surface area contributed by atoms with Gasteiger partial charge in [0.1, 0.15) is 0 Å². The van der Waals surface area contributed by atoms with Gasteiger partial charge in [-0.15, -0.1) is 0 Å². The second-order valence-electron chi connectivity index (χ2n) is 7.40. The zero-order valence-corrected chi connectivity index (χ0v) is 22.5. The molecule has 156 valence electrons. The number of carbonyl (C=O) groups excluding carboxylic acids is 2. The summed E-state index contributed by atoms with van der Waals surface area (Å²) < 4.78 is 2.01. The first-order chi connectivity index (χ1) is 14.0. The molecule has 0 saturated carbocycles. The Bertz CT molecular complexity index is 731. The van der Waals surface area contributed by atoms with Crippen LogP contribution < -0.4 is 0 Å². The molecule has 0 saturated heterocycles. The van der Waals surface area contributed by atoms with Gasteiger partial charge in [0.2, 0.25) is 0 Å². The zero-order chi connectivity index (χ0) is 21.3. The topological polar surface area (TPSA) is 34.1 Å². The van der Waals surface area contributed by atoms with Crippen LogP contribution in [0, 0.1) is 0 Å². The fourth-order valence-electron chi connectivity index (χ4n) is 3.68. The number of rotatable bonds is 12. The third-order valence-corrected chi connectivity index (χ3v) is 20.5. The summed E-state index contributed by atoms with van der Waals surface area (Å²) in [5, 5.41) is 0. The number of hydrogen-bond acceptors (Lipinski definition) is 4. The van der Waals surface area contributed by atoms with E-state index in [2.05, 4.69) is 13.8 Å². The number of unbranched alkanes of at least 4 members (excludes halogenated alkanes) is 2. The normalized spacial score (nSPS) is 11.4. The van der Waals surface area contributed by atoms with Crippen molar-refractivity contribution in [2.45, 2.75) is 58.2 Å². The van der Waals surface area contributed by atoms with Crippen molar-refractivity contribution in [3.05, 3.63) is 59.7 Å². The van der Waals surface area contributed by atoms with Crippen molar-refractivity contribution in [2.75, 3.05) is 12.5 Å². The van der Waals surface area contributed by atoms with Gasteiger partial charge in [-0.3, -0.25) is 0 Å². The zero-order valence-electron chi connectivity index (χ0n) is 18.0. The van der Waals surface area contributed by atoms with Gasteiger partial charge in [0.15, 0.2) is 0 Å². The molecule has 0 radical (unpaired) electrons. The molecule has 0 unspecified atom stereocenters. The first kappa shape index (κ1) is 24.5. The predicted octanol–water partition coefficient (Wildman–Crippen LogP) is 7.32. The number of hydrogen-bond donors (Lipinski definition) is 0. The van der Waals surface area contributed by atoms with Crippen molar-refractivity contribution in [3.8, 4) is 0 Å². The summed E-state index contributed by atoms with van der Waals surface area (Å²) in [6.45, 7) is 4.29. The van der Waals surface area contributed by atoms with E-state index in [-0.39, 0.29) is 7.60 Å². The quantitative estimate of drug-likeness (QED) is 0.211. The monoisotopic (exact) mass is 536 g/mol. The Balaban J connectivity index is 2.51. The van der Waals surface area contributed by atoms with Crippen LogP contribution in [-0.2, 0) is 0 Å². The summed E-state index contributed by atoms with van der Waals surface area (Å²) in [4.78, 5) is 30.0. The minimum atomic E-state index is -3.84. The summed E-state index contributed by atoms with van der Waals surface area (Å²) in [5.74, 6) is 0. The first-order valence-electron chi connectivity index (χ1n) is 10.4. The van der Waals surface area contributed by atoms with Gasteiger partial charge in [-0.25, -0.2) is 0 Å². The van der Waals surface area contributed by atoms with Gasteiger partial charge in [0.05, 0.1) is 0 Å². The molecule has 0 aliphatic carbocycles. The van der Waals surface area contributed by atoms with Crippen molar-refractivity contribution in [1.29, 1.82) is 0 Å². The van der Waals surface area contributed by atoms with E-state index in [0.717, 1.165) is 55.5 Å². The Morgan fingerprint density at radius 2 is 1.03 bits per heavy atom. The van der Waals surface area contributed by atoms with Crippen molar-refractivity contribution in [3.63, 3.8) is 0 Å². The van der Waals surface area contributed by atoms with E-state index in [4.69, 9.17) is 0 Å². The Hall–Kier alpha value is -0.721. The standard InChI is InChI=1S/2C8H7OS.2C4H9.Sn/c2*1-10-8-4-2-7(6-9)3-5-8;2*1-3-4-2;/h2*2-5H,1H3;2*1,3-4H2,2H3;. The number of benzene rings is 2. The number of thioether (sulfide) groups is 2. The molecular formula is C24H32O2S2Sn. The van der Waals surface area contributed by atoms with Crippen molar-refractivity contribution in [1.82, 2.24) is 0 Å². The van der Waals surface area contributed by atoms with Crippen molar-refractivity contribution >= 4 is 49.5 Å². The molecule has 2 aromatic rings. The Kier molecular flexibility index (Phi) is 10.3. The molecule has 0 bridgehead atoms. The van der Waals surface area contributed by atoms with Crippen LogP contribution in [0.4, 0.5) is 0 Å². The molecule has 0 spiro atoms. The van der Waals surface area contributed by atoms with Crippen LogP contribution in [0.2, 0.25) is 8.87 Å². The van der Waals surface area contributed by atoms with E-state index in [1.165, 1.54) is 0 Å². The summed E-state index contributed by atoms with van der Waals surface area (Å²) in [5.41, 5.74) is 1.47. The molecule has 29 heavy (non-hydrogen) atoms. The molecule has 5 heteroatoms. The van der Waals surface area contributed by atoms with Crippen LogP contribution in [0.15, 0.2) is 58.3 Å². The molecule has 0 aromatic heterocycles. The van der Waals surface area contributed by atoms with Crippen LogP contribution in [0.1, 0.15) is 60.2 Å². The van der Waals surface area contributed by atoms with Gasteiger partial charge in [0.25, 0.3) is 0 Å². The molecule has 0 fully saturated rings. The number of carbonyl (C=O) groups is 2. The maximum atomic E-state index is 13.9. The molecule has 0 atom stereocenters. The third-order valence-electron chi connectivity index (χ3n) is 5.49. The van der Waals surface area contributed by atoms with Gasteiger partial charge in [-0.05, 0) is 0 Å². The molecule has 2 aromatic carbocycles. The van der Waals surface area contributed by atoms with Gasteiger partial charge in [-0.1, -0.05) is 0 Å². The fraction of sp³-hybridized carbons (Fsp3) is 0.417. The average Bonchev–Trinajstić information content (AvgIpc) is 2.78. The van der Waals surface area contributed by atoms with Crippen LogP contribution >= 0.6 is 23.5 Å². The van der Waals surface area contributed by atoms with Crippen molar-refractivity contribution in [2.24, 2.45) is 0 Å². The Labute approximate surface area is 188 Å². The molecule has 2 rings (SSSR count). The van der Waals surface area contributed by atoms with Crippen LogP contribution in [0.3, 0.4) is 0 Å². The second kappa shape index (κ2) is 12.2. The summed E-state index contributed by atoms with van der Waals surface area (Å²) in [6.07, 6.45) is 8.02. The van der Waals surface area contributed by atoms with Crippen LogP contribution in [0.5, 0.6) is 0 Å². The molecule has 0 aliphatic heterocycles. The van der Waals surface area contributed by atoms with E-state index in [1.54, 1.807) is 23.5 Å². The average molecular weight is 535 g/mol. The SMILES string of the molecule is CCC[CH2][Sn]([CH2]CCC)([C](=O)c1ccc(SC)cc1)[C](=O)c1ccc(SC)cc1. The van der Waals surface area contributed by atoms with Crippen LogP contribution in [0.25, 0.3) is 0 Å². The fourth-order valence-corrected chi connectivity index (χ4v) is 18.0. The minimum absolute atomic E-state index is 0.188. The van der Waals surface area contributed by atoms with Gasteiger partial charge in [-0.2, -0.15) is 0 Å². The molecule has 0 amide bonds. The van der Waals surface area contributed by atoms with E-state index in [0.29, 0.717) is 0 Å². The summed E-state index contributed by atoms with van der Waals surface area (Å²) in [7, 11) is 0. The maximum absolute atomic E-state index is 13.9. The first-order valence-corrected chi connectivity index (χ1v) is 19.7. The predicted molar refractivity (Wildman–Crippen MR) is 130 cm³/mol. The summed E-state index contributed by atoms with van der Waals surface area (Å²) in [6, 6.07) is 15.8. The Morgan fingerprint density at radius 1 is 0.690 bits per heavy atom. The summed E-state index contributed by atoms with van der Waals surface area (Å²) >= 11 is -0.506. The third kappa shape index (κ3) is 6.14. The van der Waals surface area contributed by atoms with Crippen molar-refractivity contribution < 1.29 is 9.59 Å². The molecule has 2 nitrogen and oxygen atoms in total. The molecule has 0 aliphatic rings. The molecular weight excluding hydrogens is 503 g/mol. The van der Waals surface area contributed by atoms with Gasteiger partial charge >= 0.3 is 189 Å². The van der Waals surface area contributed by atoms with E-state index < -0.39 is 18.4 Å². The van der Waals surface area contributed by atoms with Gasteiger partial charge < -0.3 is 0 Å². The van der Waals surface area contributed by atoms with E-state index in [1.807, 2.05) is 61.0 Å². The van der Waals surface area contributed by atoms with Crippen LogP contribution in [-0.4, -0.2) is 38.5 Å².